The summed E-state index contributed by atoms with van der Waals surface area (Å²) in [4.78, 5) is 17.7. The van der Waals surface area contributed by atoms with E-state index >= 15 is 0 Å². The Morgan fingerprint density at radius 1 is 1.15 bits per heavy atom. The Hall–Kier alpha value is -2.28. The summed E-state index contributed by atoms with van der Waals surface area (Å²) in [5, 5.41) is 8.69. The number of unbranched alkanes of at least 4 members (excludes halogenated alkanes) is 2. The van der Waals surface area contributed by atoms with Crippen molar-refractivity contribution in [1.29, 1.82) is 0 Å². The van der Waals surface area contributed by atoms with Crippen LogP contribution in [0.2, 0.25) is 0 Å². The number of aromatic nitrogens is 4. The lowest BCUT2D eigenvalue weighted by molar-refractivity contribution is 0.603. The average molecular weight is 414 g/mol. The van der Waals surface area contributed by atoms with Crippen LogP contribution in [-0.2, 0) is 13.0 Å². The average Bonchev–Trinajstić information content (AvgIpc) is 3.23. The zero-order valence-electron chi connectivity index (χ0n) is 14.9. The number of hydrogen-bond donors (Lipinski definition) is 0. The molecule has 0 aliphatic carbocycles. The second-order valence-electron chi connectivity index (χ2n) is 6.66. The Balaban J connectivity index is 1.94. The van der Waals surface area contributed by atoms with E-state index in [0.29, 0.717) is 29.4 Å². The molecule has 7 heteroatoms. The molecule has 1 aliphatic heterocycles. The monoisotopic (exact) mass is 413 g/mol. The van der Waals surface area contributed by atoms with Crippen molar-refractivity contribution in [2.45, 2.75) is 46.1 Å². The van der Waals surface area contributed by atoms with Crippen LogP contribution >= 0.6 is 15.9 Å². The van der Waals surface area contributed by atoms with Gasteiger partial charge in [0.05, 0.1) is 10.2 Å². The van der Waals surface area contributed by atoms with Gasteiger partial charge in [-0.2, -0.15) is 0 Å². The zero-order chi connectivity index (χ0) is 18.3. The lowest BCUT2D eigenvalue weighted by Crippen LogP contribution is -2.22. The fourth-order valence-electron chi connectivity index (χ4n) is 3.32. The van der Waals surface area contributed by atoms with Crippen LogP contribution in [0.25, 0.3) is 17.2 Å². The van der Waals surface area contributed by atoms with Crippen molar-refractivity contribution in [2.75, 3.05) is 0 Å². The second kappa shape index (κ2) is 6.79. The van der Waals surface area contributed by atoms with Crippen LogP contribution in [0.1, 0.15) is 37.3 Å². The maximum absolute atomic E-state index is 13.1. The Labute approximate surface area is 159 Å². The minimum atomic E-state index is -0.0829. The van der Waals surface area contributed by atoms with Crippen LogP contribution in [-0.4, -0.2) is 23.8 Å². The highest BCUT2D eigenvalue weighted by molar-refractivity contribution is 9.18. The Morgan fingerprint density at radius 2 is 1.92 bits per heavy atom. The number of rotatable bonds is 5. The minimum absolute atomic E-state index is 0.0829. The third-order valence-corrected chi connectivity index (χ3v) is 5.18. The van der Waals surface area contributed by atoms with Crippen molar-refractivity contribution in [3.05, 3.63) is 45.7 Å². The third kappa shape index (κ3) is 2.80. The first-order chi connectivity index (χ1) is 12.6. The lowest BCUT2D eigenvalue weighted by atomic mass is 10.1. The fourth-order valence-corrected chi connectivity index (χ4v) is 3.77. The zero-order valence-corrected chi connectivity index (χ0v) is 16.5. The van der Waals surface area contributed by atoms with Crippen molar-refractivity contribution in [2.24, 2.45) is 4.99 Å². The molecule has 26 heavy (non-hydrogen) atoms. The summed E-state index contributed by atoms with van der Waals surface area (Å²) in [7, 11) is 0. The Kier molecular flexibility index (Phi) is 4.48. The Bertz CT molecular complexity index is 1060. The number of halogens is 1. The molecule has 0 N–H and O–H groups in total. The van der Waals surface area contributed by atoms with E-state index in [1.807, 2.05) is 35.8 Å². The predicted octanol–water partition coefficient (Wildman–Crippen LogP) is 4.04. The predicted molar refractivity (Wildman–Crippen MR) is 107 cm³/mol. The summed E-state index contributed by atoms with van der Waals surface area (Å²) in [6, 6.07) is 7.99. The lowest BCUT2D eigenvalue weighted by Gasteiger charge is -2.12. The van der Waals surface area contributed by atoms with Gasteiger partial charge in [-0.15, -0.1) is 10.2 Å². The first kappa shape index (κ1) is 17.1. The molecule has 0 fully saturated rings. The SMILES string of the molecule is CCCCCn1c2c(c(=O)n3c(-c4ccc(C)cc4)nnc13)CC(Br)=N2. The maximum Gasteiger partial charge on any atom is 0.266 e. The highest BCUT2D eigenvalue weighted by Crippen LogP contribution is 2.29. The molecule has 0 bridgehead atoms. The van der Waals surface area contributed by atoms with Crippen molar-refractivity contribution < 1.29 is 0 Å². The van der Waals surface area contributed by atoms with Crippen molar-refractivity contribution in [3.8, 4) is 11.4 Å². The highest BCUT2D eigenvalue weighted by atomic mass is 79.9. The van der Waals surface area contributed by atoms with Crippen LogP contribution in [0, 0.1) is 6.92 Å². The number of aryl methyl sites for hydroxylation is 2. The van der Waals surface area contributed by atoms with Crippen molar-refractivity contribution in [1.82, 2.24) is 19.2 Å². The van der Waals surface area contributed by atoms with Crippen LogP contribution in [0.5, 0.6) is 0 Å². The van der Waals surface area contributed by atoms with Crippen molar-refractivity contribution in [3.63, 3.8) is 0 Å². The molecule has 0 radical (unpaired) electrons. The van der Waals surface area contributed by atoms with E-state index < -0.39 is 0 Å². The van der Waals surface area contributed by atoms with Gasteiger partial charge in [0.25, 0.3) is 5.56 Å². The molecule has 1 aromatic carbocycles. The number of aliphatic imine (C=N–C) groups is 1. The van der Waals surface area contributed by atoms with E-state index in [1.165, 1.54) is 0 Å². The molecule has 1 aliphatic rings. The largest absolute Gasteiger partial charge is 0.294 e. The van der Waals surface area contributed by atoms with Gasteiger partial charge in [0.2, 0.25) is 5.78 Å². The first-order valence-electron chi connectivity index (χ1n) is 8.91. The van der Waals surface area contributed by atoms with E-state index in [0.717, 1.165) is 41.6 Å². The van der Waals surface area contributed by atoms with Gasteiger partial charge in [0, 0.05) is 18.5 Å². The number of nitrogens with zero attached hydrogens (tertiary/aromatic N) is 5. The molecule has 3 heterocycles. The molecule has 0 amide bonds. The molecule has 0 spiro atoms. The number of hydrogen-bond acceptors (Lipinski definition) is 4. The smallest absolute Gasteiger partial charge is 0.266 e. The fraction of sp³-hybridized carbons (Fsp3) is 0.368. The number of fused-ring (bicyclic) bond motifs is 2. The summed E-state index contributed by atoms with van der Waals surface area (Å²) >= 11 is 3.45. The van der Waals surface area contributed by atoms with Gasteiger partial charge < -0.3 is 0 Å². The molecule has 3 aromatic rings. The molecule has 2 aromatic heterocycles. The molecule has 0 saturated heterocycles. The third-order valence-electron chi connectivity index (χ3n) is 4.72. The Morgan fingerprint density at radius 3 is 2.65 bits per heavy atom. The molecule has 4 rings (SSSR count). The number of benzene rings is 1. The van der Waals surface area contributed by atoms with Gasteiger partial charge in [-0.05, 0) is 29.3 Å². The molecular formula is C19H20BrN5O. The van der Waals surface area contributed by atoms with Gasteiger partial charge in [0.1, 0.15) is 5.82 Å². The van der Waals surface area contributed by atoms with Crippen LogP contribution in [0.15, 0.2) is 34.1 Å². The summed E-state index contributed by atoms with van der Waals surface area (Å²) in [5.41, 5.74) is 2.67. The van der Waals surface area contributed by atoms with Gasteiger partial charge in [-0.3, -0.25) is 9.36 Å². The standard InChI is InChI=1S/C19H20BrN5O/c1-3-4-5-10-24-17-14(11-15(20)21-17)18(26)25-16(22-23-19(24)25)13-8-6-12(2)7-9-13/h6-9H,3-5,10-11H2,1-2H3. The van der Waals surface area contributed by atoms with Gasteiger partial charge in [-0.25, -0.2) is 9.39 Å². The molecule has 0 saturated carbocycles. The van der Waals surface area contributed by atoms with E-state index in [-0.39, 0.29) is 5.56 Å². The van der Waals surface area contributed by atoms with E-state index in [9.17, 15) is 4.79 Å². The van der Waals surface area contributed by atoms with Gasteiger partial charge in [0.15, 0.2) is 5.82 Å². The quantitative estimate of drug-likeness (QED) is 0.592. The summed E-state index contributed by atoms with van der Waals surface area (Å²) < 4.78 is 4.45. The molecule has 0 unspecified atom stereocenters. The summed E-state index contributed by atoms with van der Waals surface area (Å²) in [6.07, 6.45) is 3.79. The van der Waals surface area contributed by atoms with Crippen molar-refractivity contribution >= 4 is 32.1 Å². The normalized spacial score (nSPS) is 13.3. The molecule has 134 valence electrons. The van der Waals surface area contributed by atoms with Crippen LogP contribution in [0.3, 0.4) is 0 Å². The molecule has 6 nitrogen and oxygen atoms in total. The van der Waals surface area contributed by atoms with Crippen LogP contribution in [0.4, 0.5) is 5.82 Å². The summed E-state index contributed by atoms with van der Waals surface area (Å²) in [5.74, 6) is 1.86. The van der Waals surface area contributed by atoms with E-state index in [2.05, 4.69) is 38.0 Å². The highest BCUT2D eigenvalue weighted by Gasteiger charge is 2.25. The summed E-state index contributed by atoms with van der Waals surface area (Å²) in [6.45, 7) is 4.98. The maximum atomic E-state index is 13.1. The van der Waals surface area contributed by atoms with E-state index in [4.69, 9.17) is 0 Å². The first-order valence-corrected chi connectivity index (χ1v) is 9.70. The molecule has 0 atom stereocenters. The van der Waals surface area contributed by atoms with Gasteiger partial charge >= 0.3 is 0 Å². The van der Waals surface area contributed by atoms with Crippen LogP contribution < -0.4 is 5.56 Å². The van der Waals surface area contributed by atoms with Gasteiger partial charge in [-0.1, -0.05) is 49.6 Å². The second-order valence-corrected chi connectivity index (χ2v) is 7.57. The minimum Gasteiger partial charge on any atom is -0.294 e. The van der Waals surface area contributed by atoms with E-state index in [1.54, 1.807) is 4.40 Å². The molecular weight excluding hydrogens is 394 g/mol. The topological polar surface area (TPSA) is 64.5 Å².